The number of aromatic nitrogens is 4. The third-order valence-corrected chi connectivity index (χ3v) is 3.95. The van der Waals surface area contributed by atoms with Crippen LogP contribution in [0.15, 0.2) is 54.7 Å². The van der Waals surface area contributed by atoms with Crippen LogP contribution in [0.1, 0.15) is 0 Å². The van der Waals surface area contributed by atoms with Crippen molar-refractivity contribution in [1.82, 2.24) is 19.5 Å². The van der Waals surface area contributed by atoms with E-state index in [0.717, 1.165) is 11.1 Å². The van der Waals surface area contributed by atoms with Crippen LogP contribution in [0.3, 0.4) is 0 Å². The Morgan fingerprint density at radius 3 is 2.54 bits per heavy atom. The highest BCUT2D eigenvalue weighted by molar-refractivity contribution is 5.82. The number of nitrogens with zero attached hydrogens (tertiary/aromatic N) is 4. The summed E-state index contributed by atoms with van der Waals surface area (Å²) in [5, 5.41) is 0. The van der Waals surface area contributed by atoms with E-state index >= 15 is 0 Å². The molecule has 0 saturated carbocycles. The van der Waals surface area contributed by atoms with E-state index in [9.17, 15) is 4.39 Å². The van der Waals surface area contributed by atoms with E-state index < -0.39 is 0 Å². The van der Waals surface area contributed by atoms with Crippen LogP contribution in [0.2, 0.25) is 0 Å². The molecular formula is C18H14FN5. The first-order chi connectivity index (χ1) is 11.6. The number of anilines is 1. The van der Waals surface area contributed by atoms with Gasteiger partial charge < -0.3 is 10.3 Å². The summed E-state index contributed by atoms with van der Waals surface area (Å²) in [7, 11) is 1.86. The van der Waals surface area contributed by atoms with Crippen molar-refractivity contribution < 1.29 is 4.39 Å². The number of nitrogen functional groups attached to an aromatic ring is 1. The van der Waals surface area contributed by atoms with Crippen molar-refractivity contribution in [2.24, 2.45) is 7.05 Å². The van der Waals surface area contributed by atoms with Crippen LogP contribution in [0.25, 0.3) is 33.8 Å². The molecule has 1 aromatic carbocycles. The van der Waals surface area contributed by atoms with Crippen LogP contribution in [-0.2, 0) is 7.05 Å². The molecule has 0 unspecified atom stereocenters. The van der Waals surface area contributed by atoms with E-state index in [-0.39, 0.29) is 5.82 Å². The fraction of sp³-hybridized carbons (Fsp3) is 0.0556. The zero-order chi connectivity index (χ0) is 16.7. The van der Waals surface area contributed by atoms with Gasteiger partial charge in [0.1, 0.15) is 23.0 Å². The zero-order valence-electron chi connectivity index (χ0n) is 12.9. The molecule has 0 fully saturated rings. The van der Waals surface area contributed by atoms with Crippen LogP contribution in [0.5, 0.6) is 0 Å². The normalized spacial score (nSPS) is 11.1. The van der Waals surface area contributed by atoms with Crippen LogP contribution < -0.4 is 5.73 Å². The Morgan fingerprint density at radius 2 is 1.75 bits per heavy atom. The lowest BCUT2D eigenvalue weighted by atomic mass is 10.1. The molecule has 0 aliphatic rings. The van der Waals surface area contributed by atoms with Crippen molar-refractivity contribution in [3.8, 4) is 22.6 Å². The Bertz CT molecular complexity index is 1050. The number of hydrogen-bond donors (Lipinski definition) is 1. The molecule has 4 rings (SSSR count). The molecule has 0 aliphatic carbocycles. The van der Waals surface area contributed by atoms with E-state index in [4.69, 9.17) is 5.73 Å². The summed E-state index contributed by atoms with van der Waals surface area (Å²) in [4.78, 5) is 13.3. The highest BCUT2D eigenvalue weighted by Crippen LogP contribution is 2.28. The van der Waals surface area contributed by atoms with Crippen LogP contribution in [0, 0.1) is 5.82 Å². The van der Waals surface area contributed by atoms with Gasteiger partial charge in [-0.3, -0.25) is 0 Å². The molecule has 0 amide bonds. The molecule has 5 nitrogen and oxygen atoms in total. The molecule has 6 heteroatoms. The first-order valence-electron chi connectivity index (χ1n) is 7.44. The Balaban J connectivity index is 1.92. The van der Waals surface area contributed by atoms with Crippen LogP contribution >= 0.6 is 0 Å². The van der Waals surface area contributed by atoms with Gasteiger partial charge in [0.2, 0.25) is 0 Å². The van der Waals surface area contributed by atoms with Crippen molar-refractivity contribution in [2.45, 2.75) is 0 Å². The predicted octanol–water partition coefficient (Wildman–Crippen LogP) is 3.42. The number of aryl methyl sites for hydroxylation is 1. The summed E-state index contributed by atoms with van der Waals surface area (Å²) in [5.41, 5.74) is 9.10. The van der Waals surface area contributed by atoms with Gasteiger partial charge in [-0.1, -0.05) is 12.1 Å². The molecule has 3 aromatic heterocycles. The third-order valence-electron chi connectivity index (χ3n) is 3.95. The minimum atomic E-state index is -0.303. The summed E-state index contributed by atoms with van der Waals surface area (Å²) in [6.45, 7) is 0. The van der Waals surface area contributed by atoms with E-state index in [0.29, 0.717) is 28.5 Å². The lowest BCUT2D eigenvalue weighted by Gasteiger charge is -2.05. The number of fused-ring (bicyclic) bond motifs is 1. The Kier molecular flexibility index (Phi) is 3.23. The number of nitrogens with two attached hydrogens (primary N) is 1. The van der Waals surface area contributed by atoms with Gasteiger partial charge in [-0.05, 0) is 36.4 Å². The Morgan fingerprint density at radius 1 is 0.958 bits per heavy atom. The summed E-state index contributed by atoms with van der Waals surface area (Å²) in [6, 6.07) is 13.8. The fourth-order valence-corrected chi connectivity index (χ4v) is 2.73. The average molecular weight is 319 g/mol. The highest BCUT2D eigenvalue weighted by atomic mass is 19.1. The number of benzene rings is 1. The maximum Gasteiger partial charge on any atom is 0.160 e. The van der Waals surface area contributed by atoms with Crippen molar-refractivity contribution >= 4 is 17.0 Å². The van der Waals surface area contributed by atoms with Crippen molar-refractivity contribution in [3.05, 3.63) is 60.5 Å². The lowest BCUT2D eigenvalue weighted by Crippen LogP contribution is -1.99. The summed E-state index contributed by atoms with van der Waals surface area (Å²) in [6.07, 6.45) is 1.63. The quantitative estimate of drug-likeness (QED) is 0.614. The highest BCUT2D eigenvalue weighted by Gasteiger charge is 2.15. The first kappa shape index (κ1) is 14.3. The molecule has 0 atom stereocenters. The third kappa shape index (κ3) is 2.20. The van der Waals surface area contributed by atoms with Gasteiger partial charge in [-0.15, -0.1) is 0 Å². The summed E-state index contributed by atoms with van der Waals surface area (Å²) < 4.78 is 15.9. The van der Waals surface area contributed by atoms with Crippen molar-refractivity contribution in [3.63, 3.8) is 0 Å². The van der Waals surface area contributed by atoms with Crippen LogP contribution in [-0.4, -0.2) is 19.5 Å². The zero-order valence-corrected chi connectivity index (χ0v) is 12.9. The molecule has 24 heavy (non-hydrogen) atoms. The van der Waals surface area contributed by atoms with Crippen molar-refractivity contribution in [1.29, 1.82) is 0 Å². The lowest BCUT2D eigenvalue weighted by molar-refractivity contribution is 0.631. The number of imidazole rings is 1. The maximum absolute atomic E-state index is 14.0. The van der Waals surface area contributed by atoms with Gasteiger partial charge >= 0.3 is 0 Å². The molecule has 0 spiro atoms. The number of hydrogen-bond acceptors (Lipinski definition) is 4. The number of rotatable bonds is 2. The van der Waals surface area contributed by atoms with Gasteiger partial charge in [0.15, 0.2) is 5.65 Å². The fourth-order valence-electron chi connectivity index (χ4n) is 2.73. The largest absolute Gasteiger partial charge is 0.383 e. The first-order valence-corrected chi connectivity index (χ1v) is 7.44. The molecule has 0 saturated heterocycles. The molecule has 2 N–H and O–H groups in total. The second kappa shape index (κ2) is 5.42. The minimum Gasteiger partial charge on any atom is -0.383 e. The molecular weight excluding hydrogens is 305 g/mol. The predicted molar refractivity (Wildman–Crippen MR) is 91.5 cm³/mol. The number of pyridine rings is 2. The van der Waals surface area contributed by atoms with E-state index in [1.54, 1.807) is 30.5 Å². The molecule has 3 heterocycles. The van der Waals surface area contributed by atoms with Gasteiger partial charge in [-0.2, -0.15) is 0 Å². The molecule has 0 bridgehead atoms. The maximum atomic E-state index is 14.0. The summed E-state index contributed by atoms with van der Waals surface area (Å²) >= 11 is 0. The Labute approximate surface area is 137 Å². The smallest absolute Gasteiger partial charge is 0.160 e. The minimum absolute atomic E-state index is 0.303. The van der Waals surface area contributed by atoms with E-state index in [2.05, 4.69) is 15.0 Å². The SMILES string of the molecule is Cn1c(-c2cccnc2N)nc2ccc(-c3ccccc3F)nc21. The molecule has 118 valence electrons. The molecule has 4 aromatic rings. The average Bonchev–Trinajstić information content (AvgIpc) is 2.92. The monoisotopic (exact) mass is 319 g/mol. The molecule has 0 aliphatic heterocycles. The van der Waals surface area contributed by atoms with Crippen LogP contribution in [0.4, 0.5) is 10.2 Å². The van der Waals surface area contributed by atoms with Gasteiger partial charge in [0, 0.05) is 18.8 Å². The van der Waals surface area contributed by atoms with E-state index in [1.807, 2.05) is 29.8 Å². The van der Waals surface area contributed by atoms with Gasteiger partial charge in [0.05, 0.1) is 11.3 Å². The second-order valence-electron chi connectivity index (χ2n) is 5.45. The molecule has 0 radical (unpaired) electrons. The summed E-state index contributed by atoms with van der Waals surface area (Å²) in [5.74, 6) is 0.780. The van der Waals surface area contributed by atoms with Gasteiger partial charge in [-0.25, -0.2) is 19.3 Å². The van der Waals surface area contributed by atoms with E-state index in [1.165, 1.54) is 6.07 Å². The topological polar surface area (TPSA) is 69.6 Å². The Hall–Kier alpha value is -3.28. The number of halogens is 1. The van der Waals surface area contributed by atoms with Crippen molar-refractivity contribution in [2.75, 3.05) is 5.73 Å². The van der Waals surface area contributed by atoms with Gasteiger partial charge in [0.25, 0.3) is 0 Å². The standard InChI is InChI=1S/C18H14FN5/c1-24-17(12-6-4-10-21-16(12)20)23-15-9-8-14(22-18(15)24)11-5-2-3-7-13(11)19/h2-10H,1H3,(H2,20,21). The second-order valence-corrected chi connectivity index (χ2v) is 5.45.